The van der Waals surface area contributed by atoms with Gasteiger partial charge in [0.05, 0.1) is 19.9 Å². The summed E-state index contributed by atoms with van der Waals surface area (Å²) in [6, 6.07) is 8.83. The summed E-state index contributed by atoms with van der Waals surface area (Å²) in [7, 11) is 1.37. The zero-order chi connectivity index (χ0) is 30.4. The fraction of sp³-hybridized carbons (Fsp3) is 0.500. The van der Waals surface area contributed by atoms with E-state index in [1.165, 1.54) is 13.4 Å². The van der Waals surface area contributed by atoms with Gasteiger partial charge in [0.25, 0.3) is 5.91 Å². The van der Waals surface area contributed by atoms with Gasteiger partial charge in [-0.25, -0.2) is 0 Å². The molecule has 0 spiro atoms. The Labute approximate surface area is 250 Å². The van der Waals surface area contributed by atoms with Crippen molar-refractivity contribution < 1.29 is 37.8 Å². The van der Waals surface area contributed by atoms with Crippen LogP contribution in [-0.2, 0) is 25.7 Å². The number of furan rings is 1. The van der Waals surface area contributed by atoms with Crippen molar-refractivity contribution in [1.82, 2.24) is 14.7 Å². The highest BCUT2D eigenvalue weighted by Gasteiger charge is 2.57. The van der Waals surface area contributed by atoms with Gasteiger partial charge in [-0.3, -0.25) is 19.2 Å². The maximum absolute atomic E-state index is 14.2. The number of ether oxygens (including phenoxy) is 3. The molecule has 11 nitrogen and oxygen atoms in total. The fourth-order valence-electron chi connectivity index (χ4n) is 7.00. The summed E-state index contributed by atoms with van der Waals surface area (Å²) in [5, 5.41) is 0. The highest BCUT2D eigenvalue weighted by molar-refractivity contribution is 5.93. The van der Waals surface area contributed by atoms with Crippen LogP contribution in [0.15, 0.2) is 52.8 Å². The number of esters is 1. The highest BCUT2D eigenvalue weighted by Crippen LogP contribution is 2.55. The van der Waals surface area contributed by atoms with Crippen molar-refractivity contribution in [1.29, 1.82) is 0 Å². The van der Waals surface area contributed by atoms with Crippen LogP contribution >= 0.6 is 0 Å². The Morgan fingerprint density at radius 1 is 1.02 bits per heavy atom. The van der Waals surface area contributed by atoms with E-state index in [9.17, 15) is 19.2 Å². The van der Waals surface area contributed by atoms with Gasteiger partial charge in [-0.15, -0.1) is 0 Å². The first-order chi connectivity index (χ1) is 20.6. The molecule has 0 radical (unpaired) electrons. The molecule has 228 valence electrons. The Hall–Kier alpha value is -4.28. The summed E-state index contributed by atoms with van der Waals surface area (Å²) >= 11 is 0. The number of hydrogen-bond acceptors (Lipinski definition) is 8. The molecule has 4 heterocycles. The average molecular weight is 592 g/mol. The van der Waals surface area contributed by atoms with Crippen LogP contribution in [0.5, 0.6) is 11.5 Å². The van der Waals surface area contributed by atoms with Crippen molar-refractivity contribution in [3.05, 3.63) is 59.7 Å². The number of likely N-dealkylation sites (tertiary alicyclic amines) is 1. The van der Waals surface area contributed by atoms with E-state index in [4.69, 9.17) is 18.6 Å². The van der Waals surface area contributed by atoms with Gasteiger partial charge < -0.3 is 33.3 Å². The molecule has 4 aliphatic rings. The quantitative estimate of drug-likeness (QED) is 0.468. The number of amides is 3. The molecular weight excluding hydrogens is 554 g/mol. The maximum atomic E-state index is 14.2. The lowest BCUT2D eigenvalue weighted by Crippen LogP contribution is -2.56. The molecule has 0 bridgehead atoms. The molecule has 43 heavy (non-hydrogen) atoms. The van der Waals surface area contributed by atoms with Gasteiger partial charge in [0, 0.05) is 44.2 Å². The van der Waals surface area contributed by atoms with Gasteiger partial charge in [-0.05, 0) is 54.5 Å². The summed E-state index contributed by atoms with van der Waals surface area (Å²) in [6.07, 6.45) is 4.83. The van der Waals surface area contributed by atoms with Crippen molar-refractivity contribution in [3.8, 4) is 11.5 Å². The Bertz CT molecular complexity index is 1460. The number of fused-ring (bicyclic) bond motifs is 2. The van der Waals surface area contributed by atoms with Gasteiger partial charge in [-0.1, -0.05) is 26.0 Å². The smallest absolute Gasteiger partial charge is 0.317 e. The molecule has 2 fully saturated rings. The number of nitrogens with zero attached hydrogens (tertiary/aromatic N) is 3. The predicted octanol–water partition coefficient (Wildman–Crippen LogP) is 3.59. The van der Waals surface area contributed by atoms with Crippen molar-refractivity contribution in [2.45, 2.75) is 46.1 Å². The van der Waals surface area contributed by atoms with Crippen molar-refractivity contribution in [3.63, 3.8) is 0 Å². The number of carbonyl (C=O) groups is 4. The number of rotatable bonds is 6. The van der Waals surface area contributed by atoms with E-state index in [1.807, 2.05) is 24.3 Å². The molecule has 2 atom stereocenters. The molecule has 1 aliphatic carbocycles. The number of methoxy groups -OCH3 is 1. The van der Waals surface area contributed by atoms with E-state index in [0.29, 0.717) is 56.2 Å². The van der Waals surface area contributed by atoms with E-state index < -0.39 is 17.3 Å². The first kappa shape index (κ1) is 28.8. The lowest BCUT2D eigenvalue weighted by molar-refractivity contribution is -0.163. The Morgan fingerprint density at radius 2 is 1.77 bits per heavy atom. The van der Waals surface area contributed by atoms with Crippen LogP contribution in [-0.4, -0.2) is 78.5 Å². The van der Waals surface area contributed by atoms with E-state index in [0.717, 1.165) is 5.56 Å². The minimum atomic E-state index is -1.06. The standard InChI is InChI=1S/C32H37N3O8/c1-31(2)9-8-26-32(19-31,30(39)40-3)17-22(28(37)35(26)18-21-6-7-23-25(15-21)43-20-42-23)16-27(36)33-10-12-34(13-11-33)29(38)24-5-4-14-41-24/h4-8,14-15,22H,9-13,16-20H2,1-3H3/t22-,32-/m1/s1. The molecule has 6 rings (SSSR count). The normalized spacial score (nSPS) is 24.3. The number of piperazine rings is 1. The minimum absolute atomic E-state index is 0.0327. The van der Waals surface area contributed by atoms with E-state index in [2.05, 4.69) is 13.8 Å². The van der Waals surface area contributed by atoms with Crippen LogP contribution in [0.25, 0.3) is 0 Å². The van der Waals surface area contributed by atoms with Gasteiger partial charge in [0.1, 0.15) is 5.41 Å². The molecule has 0 saturated carbocycles. The monoisotopic (exact) mass is 591 g/mol. The van der Waals surface area contributed by atoms with Gasteiger partial charge in [0.15, 0.2) is 17.3 Å². The van der Waals surface area contributed by atoms with Crippen molar-refractivity contribution in [2.24, 2.45) is 16.7 Å². The average Bonchev–Trinajstić information content (AvgIpc) is 3.70. The van der Waals surface area contributed by atoms with Gasteiger partial charge in [0.2, 0.25) is 18.6 Å². The molecule has 3 aliphatic heterocycles. The van der Waals surface area contributed by atoms with Crippen LogP contribution in [0, 0.1) is 16.7 Å². The number of hydrogen-bond donors (Lipinski definition) is 0. The molecule has 3 amide bonds. The lowest BCUT2D eigenvalue weighted by atomic mass is 9.59. The third-order valence-corrected chi connectivity index (χ3v) is 9.05. The molecule has 2 aromatic rings. The SMILES string of the molecule is COC(=O)[C@@]12C[C@@H](CC(=O)N3CCN(C(=O)c4ccco4)CC3)C(=O)N(Cc3ccc4c(c3)OCO4)C1=CCC(C)(C)C2. The minimum Gasteiger partial charge on any atom is -0.468 e. The third kappa shape index (κ3) is 5.36. The molecule has 1 aromatic carbocycles. The summed E-state index contributed by atoms with van der Waals surface area (Å²) in [5.41, 5.74) is 0.217. The second-order valence-corrected chi connectivity index (χ2v) is 12.6. The third-order valence-electron chi connectivity index (χ3n) is 9.05. The van der Waals surface area contributed by atoms with Crippen molar-refractivity contribution >= 4 is 23.7 Å². The molecule has 2 saturated heterocycles. The Morgan fingerprint density at radius 3 is 2.49 bits per heavy atom. The maximum Gasteiger partial charge on any atom is 0.317 e. The van der Waals surface area contributed by atoms with Crippen molar-refractivity contribution in [2.75, 3.05) is 40.1 Å². The van der Waals surface area contributed by atoms with E-state index >= 15 is 0 Å². The summed E-state index contributed by atoms with van der Waals surface area (Å²) in [4.78, 5) is 59.1. The highest BCUT2D eigenvalue weighted by atomic mass is 16.7. The molecule has 0 unspecified atom stereocenters. The first-order valence-electron chi connectivity index (χ1n) is 14.7. The second-order valence-electron chi connectivity index (χ2n) is 12.6. The van der Waals surface area contributed by atoms with Crippen LogP contribution in [0.4, 0.5) is 0 Å². The van der Waals surface area contributed by atoms with Crippen LogP contribution in [0.2, 0.25) is 0 Å². The van der Waals surface area contributed by atoms with Crippen LogP contribution in [0.3, 0.4) is 0 Å². The van der Waals surface area contributed by atoms with E-state index in [-0.39, 0.29) is 55.1 Å². The number of piperidine rings is 1. The zero-order valence-electron chi connectivity index (χ0n) is 24.8. The van der Waals surface area contributed by atoms with Gasteiger partial charge in [-0.2, -0.15) is 0 Å². The van der Waals surface area contributed by atoms with Crippen LogP contribution < -0.4 is 9.47 Å². The number of benzene rings is 1. The molecule has 1 aromatic heterocycles. The fourth-order valence-corrected chi connectivity index (χ4v) is 7.00. The topological polar surface area (TPSA) is 119 Å². The van der Waals surface area contributed by atoms with Crippen LogP contribution in [0.1, 0.15) is 55.6 Å². The van der Waals surface area contributed by atoms with E-state index in [1.54, 1.807) is 26.8 Å². The predicted molar refractivity (Wildman–Crippen MR) is 153 cm³/mol. The summed E-state index contributed by atoms with van der Waals surface area (Å²) in [6.45, 7) is 6.02. The second kappa shape index (κ2) is 11.1. The zero-order valence-corrected chi connectivity index (χ0v) is 24.8. The van der Waals surface area contributed by atoms with Gasteiger partial charge >= 0.3 is 5.97 Å². The largest absolute Gasteiger partial charge is 0.468 e. The summed E-state index contributed by atoms with van der Waals surface area (Å²) < 4.78 is 21.6. The molecular formula is C32H37N3O8. The summed E-state index contributed by atoms with van der Waals surface area (Å²) in [5.74, 6) is -0.161. The number of allylic oxidation sites excluding steroid dienone is 1. The first-order valence-corrected chi connectivity index (χ1v) is 14.7. The Balaban J connectivity index is 1.24. The lowest BCUT2D eigenvalue weighted by Gasteiger charge is -2.51. The Kier molecular flexibility index (Phi) is 7.43. The molecule has 11 heteroatoms. The molecule has 0 N–H and O–H groups in total. The number of carbonyl (C=O) groups excluding carboxylic acids is 4.